The second-order valence-corrected chi connectivity index (χ2v) is 10.2. The van der Waals surface area contributed by atoms with E-state index >= 15 is 0 Å². The fourth-order valence-corrected chi connectivity index (χ4v) is 4.38. The number of amides is 1. The van der Waals surface area contributed by atoms with Gasteiger partial charge in [-0.25, -0.2) is 4.98 Å². The first-order valence-corrected chi connectivity index (χ1v) is 12.5. The van der Waals surface area contributed by atoms with E-state index in [-0.39, 0.29) is 29.8 Å². The smallest absolute Gasteiger partial charge is 0.319 e. The molecule has 0 aliphatic carbocycles. The Morgan fingerprint density at radius 2 is 2.06 bits per heavy atom. The van der Waals surface area contributed by atoms with Gasteiger partial charge in [0.2, 0.25) is 0 Å². The molecule has 0 aromatic carbocycles. The summed E-state index contributed by atoms with van der Waals surface area (Å²) in [5, 5.41) is 4.13. The van der Waals surface area contributed by atoms with Gasteiger partial charge < -0.3 is 30.4 Å². The molecular weight excluding hydrogens is 458 g/mol. The van der Waals surface area contributed by atoms with Crippen LogP contribution in [0, 0.1) is 0 Å². The number of nitrogens with zero attached hydrogens (tertiary/aromatic N) is 4. The summed E-state index contributed by atoms with van der Waals surface area (Å²) in [7, 11) is 1.61. The molecule has 36 heavy (non-hydrogen) atoms. The van der Waals surface area contributed by atoms with Gasteiger partial charge in [-0.2, -0.15) is 9.97 Å². The second-order valence-electron chi connectivity index (χ2n) is 10.2. The molecule has 4 rings (SSSR count). The number of H-pyrrole nitrogens is 1. The average molecular weight is 496 g/mol. The van der Waals surface area contributed by atoms with Crippen LogP contribution in [0.25, 0.3) is 11.0 Å². The van der Waals surface area contributed by atoms with Crippen LogP contribution in [-0.2, 0) is 4.74 Å². The van der Waals surface area contributed by atoms with Crippen LogP contribution >= 0.6 is 0 Å². The van der Waals surface area contributed by atoms with Crippen molar-refractivity contribution in [1.82, 2.24) is 25.3 Å². The summed E-state index contributed by atoms with van der Waals surface area (Å²) in [4.78, 5) is 32.0. The Bertz CT molecular complexity index is 1180. The van der Waals surface area contributed by atoms with E-state index in [1.165, 1.54) is 10.9 Å². The number of aromatic nitrogens is 4. The zero-order valence-electron chi connectivity index (χ0n) is 21.7. The molecule has 1 aliphatic heterocycles. The van der Waals surface area contributed by atoms with E-state index < -0.39 is 5.54 Å². The first-order chi connectivity index (χ1) is 17.2. The van der Waals surface area contributed by atoms with Crippen molar-refractivity contribution in [2.45, 2.75) is 64.1 Å². The molecule has 10 nitrogen and oxygen atoms in total. The maximum Gasteiger partial charge on any atom is 0.319 e. The monoisotopic (exact) mass is 495 g/mol. The molecule has 194 valence electrons. The fraction of sp³-hybridized carbons (Fsp3) is 0.538. The van der Waals surface area contributed by atoms with Gasteiger partial charge in [0, 0.05) is 55.6 Å². The molecule has 1 fully saturated rings. The first-order valence-electron chi connectivity index (χ1n) is 12.5. The van der Waals surface area contributed by atoms with Gasteiger partial charge in [0.25, 0.3) is 5.91 Å². The van der Waals surface area contributed by atoms with E-state index in [2.05, 4.69) is 42.4 Å². The molecule has 0 radical (unpaired) electrons. The largest absolute Gasteiger partial charge is 0.458 e. The molecule has 0 saturated carbocycles. The number of piperidine rings is 1. The maximum atomic E-state index is 13.1. The normalized spacial score (nSPS) is 16.7. The third kappa shape index (κ3) is 5.93. The minimum absolute atomic E-state index is 0.159. The van der Waals surface area contributed by atoms with Crippen LogP contribution in [0.2, 0.25) is 0 Å². The summed E-state index contributed by atoms with van der Waals surface area (Å²) >= 11 is 0. The third-order valence-electron chi connectivity index (χ3n) is 6.84. The number of carbonyl (C=O) groups excluding carboxylic acids is 1. The number of anilines is 1. The molecule has 10 heteroatoms. The molecule has 0 spiro atoms. The Kier molecular flexibility index (Phi) is 7.75. The highest BCUT2D eigenvalue weighted by Gasteiger charge is 2.27. The number of aromatic amines is 1. The van der Waals surface area contributed by atoms with Gasteiger partial charge in [-0.15, -0.1) is 0 Å². The number of fused-ring (bicyclic) bond motifs is 1. The van der Waals surface area contributed by atoms with Crippen LogP contribution in [-0.4, -0.2) is 70.3 Å². The van der Waals surface area contributed by atoms with Crippen molar-refractivity contribution in [3.8, 4) is 6.01 Å². The number of nitrogens with two attached hydrogens (primary N) is 1. The van der Waals surface area contributed by atoms with Gasteiger partial charge in [0.05, 0.1) is 6.61 Å². The highest BCUT2D eigenvalue weighted by molar-refractivity contribution is 5.93. The van der Waals surface area contributed by atoms with Gasteiger partial charge in [-0.05, 0) is 64.2 Å². The van der Waals surface area contributed by atoms with Crippen LogP contribution < -0.4 is 20.7 Å². The lowest BCUT2D eigenvalue weighted by Gasteiger charge is -2.33. The lowest BCUT2D eigenvalue weighted by molar-refractivity contribution is 0.0839. The number of rotatable bonds is 9. The molecule has 2 atom stereocenters. The number of pyridine rings is 1. The van der Waals surface area contributed by atoms with Crippen molar-refractivity contribution in [2.24, 2.45) is 5.73 Å². The van der Waals surface area contributed by atoms with E-state index in [1.54, 1.807) is 19.4 Å². The van der Waals surface area contributed by atoms with E-state index in [0.717, 1.165) is 31.6 Å². The van der Waals surface area contributed by atoms with Crippen molar-refractivity contribution in [3.63, 3.8) is 0 Å². The average Bonchev–Trinajstić information content (AvgIpc) is 3.27. The number of nitrogens with one attached hydrogen (secondary N) is 2. The van der Waals surface area contributed by atoms with Gasteiger partial charge in [0.1, 0.15) is 23.3 Å². The van der Waals surface area contributed by atoms with Gasteiger partial charge >= 0.3 is 6.01 Å². The van der Waals surface area contributed by atoms with E-state index in [9.17, 15) is 4.79 Å². The van der Waals surface area contributed by atoms with Gasteiger partial charge in [0.15, 0.2) is 0 Å². The zero-order chi connectivity index (χ0) is 25.9. The van der Waals surface area contributed by atoms with E-state index in [4.69, 9.17) is 15.2 Å². The number of carbonyl (C=O) groups is 1. The molecule has 3 aromatic heterocycles. The molecule has 1 saturated heterocycles. The Hall–Kier alpha value is -3.24. The minimum atomic E-state index is -0.572. The molecule has 4 N–H and O–H groups in total. The van der Waals surface area contributed by atoms with Gasteiger partial charge in [-0.1, -0.05) is 0 Å². The van der Waals surface area contributed by atoms with Crippen LogP contribution in [0.5, 0.6) is 6.01 Å². The first kappa shape index (κ1) is 25.8. The van der Waals surface area contributed by atoms with Crippen LogP contribution in [0.1, 0.15) is 62.5 Å². The van der Waals surface area contributed by atoms with Crippen molar-refractivity contribution in [2.75, 3.05) is 31.7 Å². The Balaban J connectivity index is 1.53. The lowest BCUT2D eigenvalue weighted by atomic mass is 9.89. The van der Waals surface area contributed by atoms with Gasteiger partial charge in [-0.3, -0.25) is 4.79 Å². The second kappa shape index (κ2) is 10.8. The molecule has 1 amide bonds. The topological polar surface area (TPSA) is 131 Å². The molecule has 0 unspecified atom stereocenters. The molecule has 4 heterocycles. The Morgan fingerprint density at radius 3 is 2.75 bits per heavy atom. The van der Waals surface area contributed by atoms with Crippen LogP contribution in [0.15, 0.2) is 30.6 Å². The lowest BCUT2D eigenvalue weighted by Crippen LogP contribution is -2.53. The highest BCUT2D eigenvalue weighted by Crippen LogP contribution is 2.34. The van der Waals surface area contributed by atoms with Crippen molar-refractivity contribution in [3.05, 3.63) is 41.9 Å². The summed E-state index contributed by atoms with van der Waals surface area (Å²) in [5.41, 5.74) is 8.07. The summed E-state index contributed by atoms with van der Waals surface area (Å²) in [6.07, 6.45) is 5.54. The summed E-state index contributed by atoms with van der Waals surface area (Å²) in [5.74, 6) is 0.789. The molecule has 3 aromatic rings. The van der Waals surface area contributed by atoms with E-state index in [1.807, 2.05) is 33.8 Å². The molecule has 1 aliphatic rings. The molecular formula is C26H37N7O3. The number of methoxy groups -OCH3 is 1. The number of hydrogen-bond acceptors (Lipinski definition) is 8. The summed E-state index contributed by atoms with van der Waals surface area (Å²) in [6.45, 7) is 9.49. The van der Waals surface area contributed by atoms with Crippen LogP contribution in [0.4, 0.5) is 5.82 Å². The van der Waals surface area contributed by atoms with Crippen molar-refractivity contribution < 1.29 is 14.3 Å². The molecule has 0 bridgehead atoms. The number of hydrogen-bond donors (Lipinski definition) is 3. The maximum absolute atomic E-state index is 13.1. The Labute approximate surface area is 212 Å². The summed E-state index contributed by atoms with van der Waals surface area (Å²) in [6, 6.07) is 5.73. The zero-order valence-corrected chi connectivity index (χ0v) is 21.7. The Morgan fingerprint density at radius 1 is 1.31 bits per heavy atom. The van der Waals surface area contributed by atoms with Crippen molar-refractivity contribution in [1.29, 1.82) is 0 Å². The SMILES string of the molecule is COC[C@@H](C)Oc1nc(C(=O)N[C@@H](C)C(C)(C)N)cc(N2CCC(c3c[nH]c4ncccc34)CC2)n1. The van der Waals surface area contributed by atoms with Crippen molar-refractivity contribution >= 4 is 22.8 Å². The standard InChI is InChI=1S/C26H37N7O3/c1-16(15-35-5)36-25-31-21(24(34)30-17(2)26(3,4)27)13-22(32-25)33-11-8-18(9-12-33)20-14-29-23-19(20)7-6-10-28-23/h6-7,10,13-14,16-18H,8-9,11-12,15,27H2,1-5H3,(H,28,29)(H,30,34)/t16-,17+/m1/s1. The summed E-state index contributed by atoms with van der Waals surface area (Å²) < 4.78 is 11.1. The highest BCUT2D eigenvalue weighted by atomic mass is 16.5. The predicted molar refractivity (Wildman–Crippen MR) is 139 cm³/mol. The third-order valence-corrected chi connectivity index (χ3v) is 6.84. The quantitative estimate of drug-likeness (QED) is 0.413. The number of ether oxygens (including phenoxy) is 2. The minimum Gasteiger partial charge on any atom is -0.458 e. The van der Waals surface area contributed by atoms with E-state index in [0.29, 0.717) is 18.3 Å². The predicted octanol–water partition coefficient (Wildman–Crippen LogP) is 3.01. The van der Waals surface area contributed by atoms with Crippen LogP contribution in [0.3, 0.4) is 0 Å². The fourth-order valence-electron chi connectivity index (χ4n) is 4.38.